The fourth-order valence-corrected chi connectivity index (χ4v) is 8.86. The van der Waals surface area contributed by atoms with Crippen LogP contribution in [-0.4, -0.2) is 9.13 Å². The molecule has 0 radical (unpaired) electrons. The van der Waals surface area contributed by atoms with Crippen LogP contribution in [0.25, 0.3) is 99.1 Å². The second kappa shape index (κ2) is 18.8. The molecule has 64 heavy (non-hydrogen) atoms. The fourth-order valence-electron chi connectivity index (χ4n) is 8.86. The van der Waals surface area contributed by atoms with Gasteiger partial charge in [-0.3, -0.25) is 0 Å². The number of para-hydroxylation sites is 3. The molecule has 0 amide bonds. The van der Waals surface area contributed by atoms with Crippen LogP contribution in [0.1, 0.15) is 13.8 Å². The smallest absolute Gasteiger partial charge is 0.0541 e. The van der Waals surface area contributed by atoms with Crippen molar-refractivity contribution in [3.05, 3.63) is 256 Å². The first kappa shape index (κ1) is 41.2. The van der Waals surface area contributed by atoms with Gasteiger partial charge in [-0.15, -0.1) is 0 Å². The summed E-state index contributed by atoms with van der Waals surface area (Å²) < 4.78 is 4.85. The zero-order valence-corrected chi connectivity index (χ0v) is 36.4. The van der Waals surface area contributed by atoms with E-state index in [0.717, 1.165) is 5.69 Å². The van der Waals surface area contributed by atoms with Gasteiger partial charge >= 0.3 is 0 Å². The molecule has 2 nitrogen and oxygen atoms in total. The molecule has 308 valence electrons. The predicted octanol–water partition coefficient (Wildman–Crippen LogP) is 17.5. The third-order valence-electron chi connectivity index (χ3n) is 11.8. The van der Waals surface area contributed by atoms with E-state index in [0.29, 0.717) is 0 Å². The van der Waals surface area contributed by atoms with Crippen molar-refractivity contribution in [1.29, 1.82) is 0 Å². The highest BCUT2D eigenvalue weighted by molar-refractivity contribution is 6.13. The van der Waals surface area contributed by atoms with Crippen molar-refractivity contribution in [2.45, 2.75) is 13.8 Å². The first-order valence-electron chi connectivity index (χ1n) is 21.9. The third-order valence-corrected chi connectivity index (χ3v) is 11.8. The van der Waals surface area contributed by atoms with Gasteiger partial charge in [-0.1, -0.05) is 201 Å². The van der Waals surface area contributed by atoms with E-state index >= 15 is 0 Å². The first-order chi connectivity index (χ1) is 31.6. The number of nitrogens with zero attached hydrogens (tertiary/aromatic N) is 2. The Hall–Kier alpha value is -8.20. The van der Waals surface area contributed by atoms with E-state index in [4.69, 9.17) is 0 Å². The molecule has 11 aromatic rings. The Morgan fingerprint density at radius 1 is 0.344 bits per heavy atom. The van der Waals surface area contributed by atoms with Gasteiger partial charge in [0.05, 0.1) is 27.8 Å². The summed E-state index contributed by atoms with van der Waals surface area (Å²) in [6, 6.07) is 75.2. The second-order valence-electron chi connectivity index (χ2n) is 15.6. The van der Waals surface area contributed by atoms with Crippen LogP contribution in [0.2, 0.25) is 0 Å². The van der Waals surface area contributed by atoms with Crippen LogP contribution in [0, 0.1) is 0 Å². The zero-order chi connectivity index (χ0) is 43.8. The molecule has 0 aliphatic carbocycles. The summed E-state index contributed by atoms with van der Waals surface area (Å²) in [5.74, 6) is 0. The molecule has 0 saturated heterocycles. The normalized spacial score (nSPS) is 11.3. The van der Waals surface area contributed by atoms with Crippen LogP contribution in [0.3, 0.4) is 0 Å². The topological polar surface area (TPSA) is 9.86 Å². The monoisotopic (exact) mass is 822 g/mol. The Kier molecular flexibility index (Phi) is 12.1. The van der Waals surface area contributed by atoms with Gasteiger partial charge in [0.25, 0.3) is 0 Å². The van der Waals surface area contributed by atoms with E-state index in [9.17, 15) is 0 Å². The quantitative estimate of drug-likeness (QED) is 0.142. The van der Waals surface area contributed by atoms with Crippen LogP contribution in [-0.2, 0) is 0 Å². The number of fused-ring (bicyclic) bond motifs is 7. The lowest BCUT2D eigenvalue weighted by atomic mass is 9.97. The molecule has 0 atom stereocenters. The number of allylic oxidation sites excluding steroid dienone is 6. The lowest BCUT2D eigenvalue weighted by Crippen LogP contribution is -1.97. The van der Waals surface area contributed by atoms with Crippen molar-refractivity contribution in [2.24, 2.45) is 0 Å². The van der Waals surface area contributed by atoms with Gasteiger partial charge in [-0.25, -0.2) is 0 Å². The maximum absolute atomic E-state index is 3.36. The lowest BCUT2D eigenvalue weighted by Gasteiger charge is -2.15. The molecule has 9 aromatic carbocycles. The van der Waals surface area contributed by atoms with E-state index in [2.05, 4.69) is 229 Å². The van der Waals surface area contributed by atoms with E-state index < -0.39 is 0 Å². The van der Waals surface area contributed by atoms with Gasteiger partial charge in [-0.2, -0.15) is 0 Å². The summed E-state index contributed by atoms with van der Waals surface area (Å²) in [7, 11) is 0. The largest absolute Gasteiger partial charge is 0.309 e. The summed E-state index contributed by atoms with van der Waals surface area (Å²) in [6.07, 6.45) is 11.3. The molecule has 0 N–H and O–H groups in total. The van der Waals surface area contributed by atoms with E-state index in [1.807, 2.05) is 38.2 Å². The van der Waals surface area contributed by atoms with Gasteiger partial charge in [0, 0.05) is 32.8 Å². The molecule has 0 aliphatic rings. The van der Waals surface area contributed by atoms with Crippen LogP contribution < -0.4 is 0 Å². The maximum atomic E-state index is 3.36. The molecule has 0 saturated carbocycles. The highest BCUT2D eigenvalue weighted by Gasteiger charge is 2.18. The van der Waals surface area contributed by atoms with Gasteiger partial charge in [-0.05, 0) is 107 Å². The molecule has 0 bridgehead atoms. The molecule has 0 unspecified atom stereocenters. The van der Waals surface area contributed by atoms with Crippen LogP contribution in [0.5, 0.6) is 0 Å². The summed E-state index contributed by atoms with van der Waals surface area (Å²) in [6.45, 7) is 10.7. The van der Waals surface area contributed by atoms with Crippen molar-refractivity contribution in [3.8, 4) is 44.8 Å². The average molecular weight is 823 g/mol. The summed E-state index contributed by atoms with van der Waals surface area (Å²) >= 11 is 0. The highest BCUT2D eigenvalue weighted by atomic mass is 15.0. The van der Waals surface area contributed by atoms with Crippen molar-refractivity contribution in [3.63, 3.8) is 0 Å². The second-order valence-corrected chi connectivity index (χ2v) is 15.6. The Labute approximate surface area is 376 Å². The molecule has 0 fully saturated rings. The van der Waals surface area contributed by atoms with Gasteiger partial charge in [0.1, 0.15) is 0 Å². The predicted molar refractivity (Wildman–Crippen MR) is 279 cm³/mol. The molecule has 11 rings (SSSR count). The van der Waals surface area contributed by atoms with Crippen LogP contribution >= 0.6 is 0 Å². The first-order valence-corrected chi connectivity index (χ1v) is 21.9. The summed E-state index contributed by atoms with van der Waals surface area (Å²) in [5, 5.41) is 7.51. The van der Waals surface area contributed by atoms with Crippen molar-refractivity contribution in [1.82, 2.24) is 9.13 Å². The van der Waals surface area contributed by atoms with Crippen LogP contribution in [0.15, 0.2) is 256 Å². The molecule has 2 heteroatoms. The molecule has 0 aliphatic heterocycles. The summed E-state index contributed by atoms with van der Waals surface area (Å²) in [5.41, 5.74) is 14.5. The minimum Gasteiger partial charge on any atom is -0.309 e. The van der Waals surface area contributed by atoms with Crippen LogP contribution in [0.4, 0.5) is 0 Å². The SMILES string of the molecule is C/C=C\C=C/C.C=CC=C.c1ccc(-c2ccc(-n3c4ccccc4c4cc(-c5ccc6c(c5)c5ccccc5n6-c5ccccc5-c5cccc6ccccc56)ccc43)cc2)cc1. The zero-order valence-electron chi connectivity index (χ0n) is 36.4. The molecular formula is C62H50N2. The minimum atomic E-state index is 1.16. The Morgan fingerprint density at radius 2 is 0.797 bits per heavy atom. The average Bonchev–Trinajstić information content (AvgIpc) is 3.88. The van der Waals surface area contributed by atoms with Gasteiger partial charge < -0.3 is 9.13 Å². The third kappa shape index (κ3) is 7.90. The van der Waals surface area contributed by atoms with E-state index in [1.165, 1.54) is 93.5 Å². The molecule has 0 spiro atoms. The molecule has 2 heterocycles. The van der Waals surface area contributed by atoms with E-state index in [-0.39, 0.29) is 0 Å². The maximum Gasteiger partial charge on any atom is 0.0541 e. The van der Waals surface area contributed by atoms with Gasteiger partial charge in [0.15, 0.2) is 0 Å². The highest BCUT2D eigenvalue weighted by Crippen LogP contribution is 2.41. The van der Waals surface area contributed by atoms with Crippen molar-refractivity contribution < 1.29 is 0 Å². The number of aromatic nitrogens is 2. The summed E-state index contributed by atoms with van der Waals surface area (Å²) in [4.78, 5) is 0. The van der Waals surface area contributed by atoms with Crippen molar-refractivity contribution in [2.75, 3.05) is 0 Å². The van der Waals surface area contributed by atoms with Gasteiger partial charge in [0.2, 0.25) is 0 Å². The Bertz CT molecular complexity index is 3460. The Morgan fingerprint density at radius 3 is 1.42 bits per heavy atom. The number of hydrogen-bond donors (Lipinski definition) is 0. The number of benzene rings is 9. The Balaban J connectivity index is 0.000000471. The lowest BCUT2D eigenvalue weighted by molar-refractivity contribution is 1.18. The number of rotatable bonds is 7. The number of hydrogen-bond acceptors (Lipinski definition) is 0. The molecular weight excluding hydrogens is 773 g/mol. The minimum absolute atomic E-state index is 1.16. The fraction of sp³-hybridized carbons (Fsp3) is 0.0323. The standard InChI is InChI=1S/C52H34N2.C6H10.C4H6/c1-2-13-35(14-3-1)36-25-29-40(30-26-36)53-48-22-9-7-19-44(48)46-33-38(27-31-51(46)53)39-28-32-52-47(34-39)45-20-8-11-24-50(45)54(52)49-23-10-6-18-43(49)42-21-12-16-37-15-4-5-17-41(37)42;1-3-5-6-4-2;1-3-4-2/h1-34H;3-6H,1-2H3;3-4H,1-2H2/b;5-3-,6-4-;. The molecule has 2 aromatic heterocycles. The van der Waals surface area contributed by atoms with E-state index in [1.54, 1.807) is 12.2 Å². The van der Waals surface area contributed by atoms with Crippen molar-refractivity contribution >= 4 is 54.4 Å².